The maximum absolute atomic E-state index is 12.0. The molecule has 7 N–H and O–H groups in total. The number of hydrogen-bond acceptors (Lipinski definition) is 21. The third-order valence-corrected chi connectivity index (χ3v) is 32.6. The molecule has 0 spiro atoms. The maximum atomic E-state index is 12.0. The van der Waals surface area contributed by atoms with Gasteiger partial charge in [0.1, 0.15) is 18.0 Å². The molecule has 23 heteroatoms. The number of rotatable bonds is 67. The van der Waals surface area contributed by atoms with E-state index in [0.717, 1.165) is 154 Å². The van der Waals surface area contributed by atoms with Crippen LogP contribution < -0.4 is 56.5 Å². The average Bonchev–Trinajstić information content (AvgIpc) is 1.65. The van der Waals surface area contributed by atoms with Crippen LogP contribution in [0, 0.1) is 71.0 Å². The number of methoxy groups -OCH3 is 4. The Morgan fingerprint density at radius 3 is 1.13 bits per heavy atom. The number of carboxylic acid groups (broad SMARTS) is 2. The fraction of sp³-hybridized carbons (Fsp3) is 0.896. The number of hydrogen-bond donors (Lipinski definition) is 7. The van der Waals surface area contributed by atoms with E-state index >= 15 is 0 Å². The van der Waals surface area contributed by atoms with Crippen LogP contribution >= 0.6 is 0 Å². The molecule has 0 aromatic carbocycles. The quantitative estimate of drug-likeness (QED) is 0.00978. The number of esters is 3. The number of ether oxygens (including phenoxy) is 8. The van der Waals surface area contributed by atoms with Crippen molar-refractivity contribution in [1.29, 1.82) is 0 Å². The van der Waals surface area contributed by atoms with Crippen LogP contribution in [-0.4, -0.2) is 183 Å². The van der Waals surface area contributed by atoms with E-state index in [1.807, 2.05) is 40.2 Å². The van der Waals surface area contributed by atoms with Crippen LogP contribution in [-0.2, 0) is 66.7 Å². The van der Waals surface area contributed by atoms with Gasteiger partial charge in [0.2, 0.25) is 0 Å². The van der Waals surface area contributed by atoms with E-state index in [0.29, 0.717) is 111 Å². The topological polar surface area (TPSA) is 341 Å². The Bertz CT molecular complexity index is 3240. The van der Waals surface area contributed by atoms with E-state index in [-0.39, 0.29) is 165 Å². The van der Waals surface area contributed by atoms with Gasteiger partial charge in [-0.3, -0.25) is 24.0 Å². The van der Waals surface area contributed by atoms with Crippen molar-refractivity contribution in [1.82, 2.24) is 0 Å². The second kappa shape index (κ2) is 75.2. The molecule has 8 fully saturated rings. The van der Waals surface area contributed by atoms with Gasteiger partial charge in [0, 0.05) is 84.8 Å². The first-order valence-corrected chi connectivity index (χ1v) is 55.8. The molecule has 3 saturated heterocycles. The van der Waals surface area contributed by atoms with Crippen molar-refractivity contribution in [2.45, 2.75) is 559 Å². The van der Waals surface area contributed by atoms with Crippen LogP contribution in [0.2, 0.25) is 0 Å². The fourth-order valence-electron chi connectivity index (χ4n) is 23.2. The predicted molar refractivity (Wildman–Crippen MR) is 548 cm³/mol. The average molecular weight is 1980 g/mol. The van der Waals surface area contributed by atoms with Crippen molar-refractivity contribution in [3.05, 3.63) is 37.0 Å². The number of unbranched alkanes of at least 4 members (excludes halogenated alkanes) is 24. The zero-order valence-electron chi connectivity index (χ0n) is 91.0. The van der Waals surface area contributed by atoms with E-state index in [4.69, 9.17) is 43.0 Å². The zero-order valence-corrected chi connectivity index (χ0v) is 94.1. The monoisotopic (exact) mass is 1980 g/mol. The minimum absolute atomic E-state index is 0. The second-order valence-electron chi connectivity index (χ2n) is 44.1. The molecule has 8 unspecified atom stereocenters. The van der Waals surface area contributed by atoms with Crippen molar-refractivity contribution in [3.63, 3.8) is 0 Å². The van der Waals surface area contributed by atoms with Gasteiger partial charge in [-0.1, -0.05) is 233 Å². The van der Waals surface area contributed by atoms with Gasteiger partial charge in [-0.05, 0) is 281 Å². The van der Waals surface area contributed by atoms with Crippen LogP contribution in [0.4, 0.5) is 0 Å². The summed E-state index contributed by atoms with van der Waals surface area (Å²) in [6, 6.07) is 0. The van der Waals surface area contributed by atoms with Gasteiger partial charge >= 0.3 is 75.3 Å². The molecular formula is C115H207KO22. The van der Waals surface area contributed by atoms with Crippen LogP contribution in [0.3, 0.4) is 0 Å². The Labute approximate surface area is 882 Å². The number of carboxylic acids is 2. The van der Waals surface area contributed by atoms with Crippen molar-refractivity contribution < 1.29 is 159 Å². The minimum Gasteiger partial charge on any atom is -0.550 e. The fourth-order valence-corrected chi connectivity index (χ4v) is 23.2. The first-order chi connectivity index (χ1) is 65.4. The molecule has 8 aliphatic rings. The SMILES string of the molecule is C=CCCCCC(=O)[O-].CCCCCCCC(=O)CC[C@H]1[C@H](C)CC2OC(=O)C[C@@H]21.CCCCCCCC(C)(CC[C@@H]1[C@@H](C/C=C\CCCC(=O)O)[C@@H](O)C[C@H]1O)OC.CCCCCCCC(C)(CC[C@@H]1[C@@H](C/C=C\CCCC(=O)OC(C)C)[C@@H](O)C[C@H]1O)OC.CCCCCCCC(C)(CC[C@H]1[C@H](C)CC2OC(=O)C[C@@H]21)OC.CCCCCCCC(C)(CC[C@H]1[C@H](O)CC2OC(O)C[C@@H]21)OC.[K+]. The molecule has 8 rings (SSSR count). The summed E-state index contributed by atoms with van der Waals surface area (Å²) in [5.74, 6) is 2.63. The number of carbonyl (C=O) groups is 6. The zero-order chi connectivity index (χ0) is 102. The standard InChI is InChI=1S/C27H50O5.C24H44O5.C20H36O3.C19H36O4.C18H30O3.C7H12O2.K/c1-6-7-8-11-14-18-27(4,31-5)19-17-23-22(24(28)20-25(23)29)15-12-9-10-13-16-26(30)32-21(2)3;1-4-5-6-9-12-16-24(2,29-3)17-15-20-19(21(25)18-22(20)26)13-10-7-8-11-14-23(27)28;1-5-6-7-8-9-11-20(3,22-4)12-10-16-15(2)13-18-17(16)14-19(21)23-18;1-4-5-6-7-8-10-19(2,22-3)11-9-14-15-12-18(21)23-17(15)13-16(14)20;1-3-4-5-6-7-8-14(19)9-10-15-13(2)11-17-16(15)12-18(20)21-17;1-2-3-4-5-6-7(8)9;/h9,12,21-25,28-29H,6-8,10-11,13-20H2,1-5H3;7,10,19-22,25-26H,4-6,8-9,11-18H2,1-3H3,(H,27,28);15-18H,5-14H2,1-4H3;14-18,20-21H,4-13H2,1-3H3;13,15-17H,3-12H2,1-2H3;2H,1,3-6H2,(H,8,9);/q;;;;;;+1/p-1/b12-9-;10-7-;;;;;/t22-,23-,24+,25-,27?;19-,20-,21+,22-,24?;15-,16+,17-,18?,20?;14-,15-,16-,17?,18?,19?;13-,15+,16-,17?;;/m11111../s1. The van der Waals surface area contributed by atoms with E-state index in [9.17, 15) is 64.5 Å². The van der Waals surface area contributed by atoms with Crippen molar-refractivity contribution in [2.75, 3.05) is 28.4 Å². The van der Waals surface area contributed by atoms with Gasteiger partial charge in [0.25, 0.3) is 0 Å². The molecule has 0 amide bonds. The normalized spacial score (nSPS) is 28.3. The number of ketones is 1. The summed E-state index contributed by atoms with van der Waals surface area (Å²) in [5.41, 5.74) is -0.434. The van der Waals surface area contributed by atoms with E-state index in [1.165, 1.54) is 154 Å². The molecule has 5 saturated carbocycles. The van der Waals surface area contributed by atoms with Crippen molar-refractivity contribution >= 4 is 35.6 Å². The molecule has 0 radical (unpaired) electrons. The number of Topliss-reactive ketones (excluding diaryl/α,β-unsaturated/α-hetero) is 1. The summed E-state index contributed by atoms with van der Waals surface area (Å²) in [6.45, 7) is 31.8. The third kappa shape index (κ3) is 53.4. The van der Waals surface area contributed by atoms with Gasteiger partial charge in [-0.2, -0.15) is 0 Å². The largest absolute Gasteiger partial charge is 1.00 e. The van der Waals surface area contributed by atoms with E-state index in [1.54, 1.807) is 20.3 Å². The summed E-state index contributed by atoms with van der Waals surface area (Å²) < 4.78 is 44.9. The molecule has 800 valence electrons. The number of aliphatic carboxylic acids is 2. The van der Waals surface area contributed by atoms with Gasteiger partial charge in [-0.15, -0.1) is 6.58 Å². The summed E-state index contributed by atoms with van der Waals surface area (Å²) in [4.78, 5) is 66.9. The first kappa shape index (κ1) is 131. The number of carbonyl (C=O) groups excluding carboxylic acids is 5. The Balaban J connectivity index is 0.000000572. The molecule has 5 aliphatic carbocycles. The summed E-state index contributed by atoms with van der Waals surface area (Å²) in [6.07, 6.45) is 66.8. The third-order valence-electron chi connectivity index (χ3n) is 32.6. The van der Waals surface area contributed by atoms with Crippen LogP contribution in [0.5, 0.6) is 0 Å². The van der Waals surface area contributed by atoms with Crippen molar-refractivity contribution in [3.8, 4) is 0 Å². The molecule has 25 atom stereocenters. The van der Waals surface area contributed by atoms with Crippen LogP contribution in [0.25, 0.3) is 0 Å². The van der Waals surface area contributed by atoms with Gasteiger partial charge < -0.3 is 83.5 Å². The molecule has 0 aromatic heterocycles. The minimum atomic E-state index is -0.959. The molecule has 138 heavy (non-hydrogen) atoms. The van der Waals surface area contributed by atoms with Gasteiger partial charge in [0.15, 0.2) is 6.29 Å². The molecule has 3 aliphatic heterocycles. The summed E-state index contributed by atoms with van der Waals surface area (Å²) in [7, 11) is 7.24. The smallest absolute Gasteiger partial charge is 0.550 e. The van der Waals surface area contributed by atoms with Crippen LogP contribution in [0.15, 0.2) is 37.0 Å². The van der Waals surface area contributed by atoms with Crippen molar-refractivity contribution in [2.24, 2.45) is 71.0 Å². The first-order valence-electron chi connectivity index (χ1n) is 55.8. The molecule has 22 nitrogen and oxygen atoms in total. The van der Waals surface area contributed by atoms with Gasteiger partial charge in [0.05, 0.1) is 78.0 Å². The van der Waals surface area contributed by atoms with E-state index < -0.39 is 42.6 Å². The Hall–Kier alpha value is -2.56. The number of fused-ring (bicyclic) bond motifs is 3. The summed E-state index contributed by atoms with van der Waals surface area (Å²) >= 11 is 0. The molecular weight excluding hydrogens is 1770 g/mol. The number of aliphatic hydroxyl groups is 6. The second-order valence-corrected chi connectivity index (χ2v) is 44.1. The summed E-state index contributed by atoms with van der Waals surface area (Å²) in [5, 5.41) is 80.5. The van der Waals surface area contributed by atoms with Gasteiger partial charge in [-0.25, -0.2) is 0 Å². The Kier molecular flexibility index (Phi) is 71.6. The Morgan fingerprint density at radius 2 is 0.754 bits per heavy atom. The van der Waals surface area contributed by atoms with Crippen LogP contribution in [0.1, 0.15) is 475 Å². The molecule has 3 heterocycles. The number of aliphatic hydroxyl groups excluding tert-OH is 6. The number of allylic oxidation sites excluding steroid dienone is 5. The Morgan fingerprint density at radius 1 is 0.399 bits per heavy atom. The molecule has 0 bridgehead atoms. The predicted octanol–water partition coefficient (Wildman–Crippen LogP) is 21.6. The van der Waals surface area contributed by atoms with E-state index in [2.05, 4.69) is 94.9 Å². The molecule has 0 aromatic rings. The maximum Gasteiger partial charge on any atom is 1.00 e.